The molecule has 5 aromatic rings. The fraction of sp³-hybridized carbons (Fsp3) is 0.143. The molecule has 0 heterocycles. The Bertz CT molecular complexity index is 1510. The van der Waals surface area contributed by atoms with Crippen LogP contribution in [-0.2, 0) is 44.9 Å². The van der Waals surface area contributed by atoms with E-state index in [0.717, 1.165) is 37.7 Å². The molecule has 0 saturated heterocycles. The van der Waals surface area contributed by atoms with Crippen LogP contribution in [0.15, 0.2) is 48.5 Å². The van der Waals surface area contributed by atoms with Crippen LogP contribution in [0.2, 0.25) is 0 Å². The number of rotatable bonds is 8. The molecule has 0 aromatic heterocycles. The average molecular weight is 482 g/mol. The third-order valence-electron chi connectivity index (χ3n) is 6.66. The summed E-state index contributed by atoms with van der Waals surface area (Å²) in [6, 6.07) is 14.5. The minimum Gasteiger partial charge on any atom is -0.481 e. The number of carbonyl (C=O) groups excluding carboxylic acids is 2. The molecule has 0 fully saturated rings. The molecule has 5 rings (SSSR count). The highest BCUT2D eigenvalue weighted by atomic mass is 16.4. The Morgan fingerprint density at radius 1 is 0.472 bits per heavy atom. The summed E-state index contributed by atoms with van der Waals surface area (Å²) in [5.41, 5.74) is 13.5. The summed E-state index contributed by atoms with van der Waals surface area (Å²) < 4.78 is 0. The van der Waals surface area contributed by atoms with Crippen LogP contribution in [0.4, 0.5) is 0 Å². The van der Waals surface area contributed by atoms with Crippen molar-refractivity contribution in [2.24, 2.45) is 11.5 Å². The van der Waals surface area contributed by atoms with Gasteiger partial charge in [0.25, 0.3) is 0 Å². The van der Waals surface area contributed by atoms with Crippen molar-refractivity contribution in [3.05, 3.63) is 70.8 Å². The fourth-order valence-corrected chi connectivity index (χ4v) is 5.47. The van der Waals surface area contributed by atoms with E-state index in [4.69, 9.17) is 11.5 Å². The molecular weight excluding hydrogens is 460 g/mol. The largest absolute Gasteiger partial charge is 0.481 e. The van der Waals surface area contributed by atoms with Gasteiger partial charge in [-0.2, -0.15) is 0 Å². The first kappa shape index (κ1) is 23.0. The van der Waals surface area contributed by atoms with E-state index in [9.17, 15) is 29.4 Å². The Morgan fingerprint density at radius 3 is 1.00 bits per heavy atom. The molecule has 0 atom stereocenters. The van der Waals surface area contributed by atoms with Crippen molar-refractivity contribution in [1.29, 1.82) is 0 Å². The first-order valence-electron chi connectivity index (χ1n) is 11.3. The van der Waals surface area contributed by atoms with Crippen LogP contribution >= 0.6 is 0 Å². The van der Waals surface area contributed by atoms with E-state index in [-0.39, 0.29) is 25.7 Å². The minimum absolute atomic E-state index is 0.0106. The van der Waals surface area contributed by atoms with Gasteiger partial charge >= 0.3 is 11.9 Å². The summed E-state index contributed by atoms with van der Waals surface area (Å²) >= 11 is 0. The topological polar surface area (TPSA) is 161 Å². The molecule has 180 valence electrons. The predicted molar refractivity (Wildman–Crippen MR) is 136 cm³/mol. The van der Waals surface area contributed by atoms with Crippen LogP contribution in [-0.4, -0.2) is 34.0 Å². The van der Waals surface area contributed by atoms with Crippen molar-refractivity contribution in [2.75, 3.05) is 0 Å². The molecular formula is C28H22N2O6. The average Bonchev–Trinajstić information content (AvgIpc) is 2.78. The van der Waals surface area contributed by atoms with Gasteiger partial charge < -0.3 is 21.7 Å². The maximum atomic E-state index is 11.8. The molecule has 6 N–H and O–H groups in total. The van der Waals surface area contributed by atoms with Crippen molar-refractivity contribution in [2.45, 2.75) is 25.7 Å². The third kappa shape index (κ3) is 3.73. The smallest absolute Gasteiger partial charge is 0.307 e. The summed E-state index contributed by atoms with van der Waals surface area (Å²) in [6.45, 7) is 0. The van der Waals surface area contributed by atoms with Gasteiger partial charge in [-0.05, 0) is 65.3 Å². The highest BCUT2D eigenvalue weighted by Crippen LogP contribution is 2.44. The van der Waals surface area contributed by atoms with Crippen LogP contribution < -0.4 is 11.5 Å². The van der Waals surface area contributed by atoms with Crippen molar-refractivity contribution >= 4 is 66.8 Å². The van der Waals surface area contributed by atoms with Crippen LogP contribution in [0.3, 0.4) is 0 Å². The lowest BCUT2D eigenvalue weighted by Gasteiger charge is -2.20. The number of primary amides is 2. The van der Waals surface area contributed by atoms with E-state index in [1.54, 1.807) is 24.3 Å². The third-order valence-corrected chi connectivity index (χ3v) is 6.66. The molecule has 2 amide bonds. The van der Waals surface area contributed by atoms with E-state index in [1.165, 1.54) is 0 Å². The zero-order valence-corrected chi connectivity index (χ0v) is 19.1. The summed E-state index contributed by atoms with van der Waals surface area (Å²) in [5.74, 6) is -3.03. The van der Waals surface area contributed by atoms with Crippen molar-refractivity contribution < 1.29 is 29.4 Å². The number of carbonyl (C=O) groups is 4. The lowest BCUT2D eigenvalue weighted by Crippen LogP contribution is -2.16. The highest BCUT2D eigenvalue weighted by Gasteiger charge is 2.21. The zero-order valence-electron chi connectivity index (χ0n) is 19.1. The molecule has 0 aliphatic rings. The summed E-state index contributed by atoms with van der Waals surface area (Å²) in [7, 11) is 0. The van der Waals surface area contributed by atoms with E-state index in [0.29, 0.717) is 27.6 Å². The standard InChI is InChI=1S/C28H22N2O6/c29-21(31)9-13-1-5-17-19-7-3-15(11-23(33)34)26-16(12-24(35)36)4-8-20(28(19)26)18-6-2-14(10-22(30)32)25(13)27(17)18/h1-8H,9-12H2,(H2,29,31)(H2,30,32)(H,33,34)(H,35,36). The van der Waals surface area contributed by atoms with Crippen molar-refractivity contribution in [3.63, 3.8) is 0 Å². The lowest BCUT2D eigenvalue weighted by molar-refractivity contribution is -0.137. The van der Waals surface area contributed by atoms with Crippen LogP contribution in [0.25, 0.3) is 43.1 Å². The summed E-state index contributed by atoms with van der Waals surface area (Å²) in [6.07, 6.45) is -0.513. The van der Waals surface area contributed by atoms with Gasteiger partial charge in [0, 0.05) is 0 Å². The molecule has 8 heteroatoms. The SMILES string of the molecule is NC(=O)Cc1ccc2c3ccc(CC(=O)O)c4c(CC(=O)O)ccc(c5ccc(CC(N)=O)c1c25)c43. The predicted octanol–water partition coefficient (Wildman–Crippen LogP) is 3.05. The normalized spacial score (nSPS) is 11.6. The first-order chi connectivity index (χ1) is 17.2. The minimum atomic E-state index is -1.01. The number of nitrogens with two attached hydrogens (primary N) is 2. The fourth-order valence-electron chi connectivity index (χ4n) is 5.47. The maximum Gasteiger partial charge on any atom is 0.307 e. The Balaban J connectivity index is 2.00. The van der Waals surface area contributed by atoms with Gasteiger partial charge in [-0.3, -0.25) is 19.2 Å². The van der Waals surface area contributed by atoms with E-state index < -0.39 is 23.8 Å². The highest BCUT2D eigenvalue weighted by molar-refractivity contribution is 6.34. The van der Waals surface area contributed by atoms with Gasteiger partial charge in [0.2, 0.25) is 11.8 Å². The lowest BCUT2D eigenvalue weighted by atomic mass is 9.83. The second-order valence-electron chi connectivity index (χ2n) is 9.02. The van der Waals surface area contributed by atoms with Crippen molar-refractivity contribution in [3.8, 4) is 0 Å². The van der Waals surface area contributed by atoms with Crippen molar-refractivity contribution in [1.82, 2.24) is 0 Å². The zero-order chi connectivity index (χ0) is 25.7. The molecule has 0 aliphatic carbocycles. The van der Waals surface area contributed by atoms with Gasteiger partial charge in [0.1, 0.15) is 0 Å². The number of hydrogen-bond acceptors (Lipinski definition) is 4. The van der Waals surface area contributed by atoms with Gasteiger partial charge in [-0.1, -0.05) is 48.5 Å². The van der Waals surface area contributed by atoms with Gasteiger partial charge in [-0.15, -0.1) is 0 Å². The number of carboxylic acids is 2. The molecule has 8 nitrogen and oxygen atoms in total. The molecule has 0 unspecified atom stereocenters. The van der Waals surface area contributed by atoms with Crippen LogP contribution in [0.1, 0.15) is 22.3 Å². The number of carboxylic acid groups (broad SMARTS) is 2. The van der Waals surface area contributed by atoms with E-state index in [2.05, 4.69) is 0 Å². The summed E-state index contributed by atoms with van der Waals surface area (Å²) in [4.78, 5) is 46.9. The number of benzene rings is 5. The molecule has 0 spiro atoms. The quantitative estimate of drug-likeness (QED) is 0.196. The van der Waals surface area contributed by atoms with Crippen LogP contribution in [0, 0.1) is 0 Å². The Hall–Kier alpha value is -4.72. The van der Waals surface area contributed by atoms with Gasteiger partial charge in [-0.25, -0.2) is 0 Å². The van der Waals surface area contributed by atoms with Crippen LogP contribution in [0.5, 0.6) is 0 Å². The molecule has 0 aliphatic heterocycles. The van der Waals surface area contributed by atoms with E-state index >= 15 is 0 Å². The second kappa shape index (κ2) is 8.49. The van der Waals surface area contributed by atoms with Gasteiger partial charge in [0.15, 0.2) is 0 Å². The number of hydrogen-bond donors (Lipinski definition) is 4. The molecule has 36 heavy (non-hydrogen) atoms. The van der Waals surface area contributed by atoms with E-state index in [1.807, 2.05) is 24.3 Å². The summed E-state index contributed by atoms with van der Waals surface area (Å²) in [5, 5.41) is 25.3. The van der Waals surface area contributed by atoms with Gasteiger partial charge in [0.05, 0.1) is 25.7 Å². The Kier molecular flexibility index (Phi) is 5.44. The molecule has 0 bridgehead atoms. The molecule has 5 aromatic carbocycles. The second-order valence-corrected chi connectivity index (χ2v) is 9.02. The Morgan fingerprint density at radius 2 is 0.750 bits per heavy atom. The molecule has 0 saturated carbocycles. The Labute approximate surface area is 204 Å². The number of fused-ring (bicyclic) bond motifs is 2. The number of amides is 2. The monoisotopic (exact) mass is 482 g/mol. The first-order valence-corrected chi connectivity index (χ1v) is 11.3. The molecule has 0 radical (unpaired) electrons. The number of aliphatic carboxylic acids is 2. The maximum absolute atomic E-state index is 11.8.